The molecule has 0 aromatic heterocycles. The van der Waals surface area contributed by atoms with Crippen molar-refractivity contribution >= 4 is 16.2 Å². The van der Waals surface area contributed by atoms with Crippen molar-refractivity contribution in [3.05, 3.63) is 60.2 Å². The summed E-state index contributed by atoms with van der Waals surface area (Å²) < 4.78 is 31.4. The van der Waals surface area contributed by atoms with Crippen molar-refractivity contribution in [3.8, 4) is 11.1 Å². The molecule has 0 radical (unpaired) electrons. The number of benzene rings is 2. The molecule has 2 aromatic rings. The fourth-order valence-electron chi connectivity index (χ4n) is 4.21. The molecule has 0 heterocycles. The summed E-state index contributed by atoms with van der Waals surface area (Å²) in [5.74, 6) is 1.64. The fourth-order valence-corrected chi connectivity index (χ4v) is 4.69. The van der Waals surface area contributed by atoms with Crippen LogP contribution in [0.3, 0.4) is 0 Å². The Labute approximate surface area is 175 Å². The summed E-state index contributed by atoms with van der Waals surface area (Å²) in [4.78, 5) is -0.0825. The molecule has 0 unspecified atom stereocenters. The minimum Gasteiger partial charge on any atom is -0.282 e. The second kappa shape index (κ2) is 10.2. The highest BCUT2D eigenvalue weighted by atomic mass is 32.2. The van der Waals surface area contributed by atoms with E-state index in [1.54, 1.807) is 12.1 Å². The molecule has 1 aliphatic rings. The molecule has 2 aromatic carbocycles. The Kier molecular flexibility index (Phi) is 7.68. The molecule has 3 rings (SSSR count). The van der Waals surface area contributed by atoms with Gasteiger partial charge >= 0.3 is 0 Å². The van der Waals surface area contributed by atoms with Gasteiger partial charge in [0.25, 0.3) is 10.1 Å². The van der Waals surface area contributed by atoms with Gasteiger partial charge in [0.1, 0.15) is 0 Å². The normalized spacial score (nSPS) is 20.2. The van der Waals surface area contributed by atoms with E-state index < -0.39 is 10.1 Å². The van der Waals surface area contributed by atoms with Crippen LogP contribution in [0.15, 0.2) is 59.5 Å². The number of unbranched alkanes of at least 4 members (excludes halogenated alkanes) is 2. The van der Waals surface area contributed by atoms with Crippen LogP contribution in [0.4, 0.5) is 0 Å². The molecule has 3 nitrogen and oxygen atoms in total. The molecule has 1 aliphatic carbocycles. The number of hydrogen-bond acceptors (Lipinski definition) is 2. The number of rotatable bonds is 8. The molecule has 1 N–H and O–H groups in total. The van der Waals surface area contributed by atoms with Crippen molar-refractivity contribution in [1.82, 2.24) is 0 Å². The highest BCUT2D eigenvalue weighted by Gasteiger charge is 2.18. The SMILES string of the molecule is CCCCCC1CCC(/C=C/c2ccc(-c3ccc(S(=O)(=O)O)cc3)cc2)CC1. The maximum Gasteiger partial charge on any atom is 0.294 e. The van der Waals surface area contributed by atoms with Crippen molar-refractivity contribution in [3.63, 3.8) is 0 Å². The van der Waals surface area contributed by atoms with Gasteiger partial charge in [0.2, 0.25) is 0 Å². The van der Waals surface area contributed by atoms with Gasteiger partial charge in [0.05, 0.1) is 4.90 Å². The van der Waals surface area contributed by atoms with Gasteiger partial charge in [0, 0.05) is 0 Å². The molecule has 0 saturated heterocycles. The minimum atomic E-state index is -4.15. The third-order valence-corrected chi connectivity index (χ3v) is 6.93. The third kappa shape index (κ3) is 6.55. The van der Waals surface area contributed by atoms with Gasteiger partial charge < -0.3 is 0 Å². The van der Waals surface area contributed by atoms with Crippen LogP contribution in [0.1, 0.15) is 63.9 Å². The molecular formula is C25H32O3S. The monoisotopic (exact) mass is 412 g/mol. The maximum absolute atomic E-state index is 11.2. The Morgan fingerprint density at radius 1 is 0.897 bits per heavy atom. The van der Waals surface area contributed by atoms with Crippen LogP contribution in [0.5, 0.6) is 0 Å². The van der Waals surface area contributed by atoms with Crippen molar-refractivity contribution in [2.24, 2.45) is 11.8 Å². The van der Waals surface area contributed by atoms with E-state index in [9.17, 15) is 8.42 Å². The van der Waals surface area contributed by atoms with E-state index in [0.29, 0.717) is 5.92 Å². The molecule has 0 atom stereocenters. The first kappa shape index (κ1) is 21.8. The average Bonchev–Trinajstić information content (AvgIpc) is 2.73. The first-order chi connectivity index (χ1) is 14.0. The van der Waals surface area contributed by atoms with Gasteiger partial charge in [-0.15, -0.1) is 0 Å². The van der Waals surface area contributed by atoms with Gasteiger partial charge in [-0.25, -0.2) is 0 Å². The van der Waals surface area contributed by atoms with Crippen molar-refractivity contribution in [1.29, 1.82) is 0 Å². The van der Waals surface area contributed by atoms with Crippen LogP contribution < -0.4 is 0 Å². The van der Waals surface area contributed by atoms with Gasteiger partial charge in [-0.2, -0.15) is 8.42 Å². The summed E-state index contributed by atoms with van der Waals surface area (Å²) in [5, 5.41) is 0. The summed E-state index contributed by atoms with van der Waals surface area (Å²) in [5.41, 5.74) is 3.14. The predicted molar refractivity (Wildman–Crippen MR) is 120 cm³/mol. The Bertz CT molecular complexity index is 888. The average molecular weight is 413 g/mol. The highest BCUT2D eigenvalue weighted by molar-refractivity contribution is 7.85. The topological polar surface area (TPSA) is 54.4 Å². The lowest BCUT2D eigenvalue weighted by atomic mass is 9.79. The van der Waals surface area contributed by atoms with Gasteiger partial charge in [-0.1, -0.05) is 81.2 Å². The summed E-state index contributed by atoms with van der Waals surface area (Å²) in [6, 6.07) is 14.6. The molecule has 0 amide bonds. The zero-order valence-electron chi connectivity index (χ0n) is 17.3. The molecule has 0 aliphatic heterocycles. The number of hydrogen-bond donors (Lipinski definition) is 1. The lowest BCUT2D eigenvalue weighted by Gasteiger charge is -2.26. The second-order valence-electron chi connectivity index (χ2n) is 8.26. The van der Waals surface area contributed by atoms with Crippen molar-refractivity contribution in [2.75, 3.05) is 0 Å². The lowest BCUT2D eigenvalue weighted by Crippen LogP contribution is -2.12. The molecule has 1 fully saturated rings. The Balaban J connectivity index is 1.53. The first-order valence-corrected chi connectivity index (χ1v) is 12.3. The molecule has 156 valence electrons. The van der Waals surface area contributed by atoms with Gasteiger partial charge in [-0.05, 0) is 66.3 Å². The third-order valence-electron chi connectivity index (χ3n) is 6.06. The maximum atomic E-state index is 11.2. The largest absolute Gasteiger partial charge is 0.294 e. The number of allylic oxidation sites excluding steroid dienone is 1. The summed E-state index contributed by atoms with van der Waals surface area (Å²) in [7, 11) is -4.15. The van der Waals surface area contributed by atoms with E-state index in [4.69, 9.17) is 4.55 Å². The zero-order valence-corrected chi connectivity index (χ0v) is 18.1. The van der Waals surface area contributed by atoms with E-state index in [1.165, 1.54) is 69.1 Å². The Morgan fingerprint density at radius 3 is 2.03 bits per heavy atom. The van der Waals surface area contributed by atoms with Crippen molar-refractivity contribution in [2.45, 2.75) is 63.2 Å². The summed E-state index contributed by atoms with van der Waals surface area (Å²) in [6.45, 7) is 2.27. The van der Waals surface area contributed by atoms with E-state index in [-0.39, 0.29) is 4.90 Å². The van der Waals surface area contributed by atoms with Gasteiger partial charge in [-0.3, -0.25) is 4.55 Å². The van der Waals surface area contributed by atoms with Crippen LogP contribution in [-0.2, 0) is 10.1 Å². The standard InChI is InChI=1S/C25H32O3S/c1-2-3-4-5-20-6-8-21(9-7-20)10-11-22-12-14-23(15-13-22)24-16-18-25(19-17-24)29(26,27)28/h10-21H,2-9H2,1H3,(H,26,27,28)/b11-10+. The molecule has 0 bridgehead atoms. The van der Waals surface area contributed by atoms with Crippen LogP contribution in [0, 0.1) is 11.8 Å². The van der Waals surface area contributed by atoms with E-state index in [2.05, 4.69) is 31.2 Å². The summed E-state index contributed by atoms with van der Waals surface area (Å²) >= 11 is 0. The quantitative estimate of drug-likeness (QED) is 0.375. The fraction of sp³-hybridized carbons (Fsp3) is 0.440. The molecule has 4 heteroatoms. The summed E-state index contributed by atoms with van der Waals surface area (Å²) in [6.07, 6.45) is 15.5. The Hall–Kier alpha value is -1.91. The molecule has 0 spiro atoms. The minimum absolute atomic E-state index is 0.0825. The molecule has 29 heavy (non-hydrogen) atoms. The Morgan fingerprint density at radius 2 is 1.48 bits per heavy atom. The van der Waals surface area contributed by atoms with Crippen molar-refractivity contribution < 1.29 is 13.0 Å². The molecule has 1 saturated carbocycles. The molecular weight excluding hydrogens is 380 g/mol. The van der Waals surface area contributed by atoms with E-state index >= 15 is 0 Å². The zero-order chi connectivity index (χ0) is 20.7. The predicted octanol–water partition coefficient (Wildman–Crippen LogP) is 7.00. The lowest BCUT2D eigenvalue weighted by molar-refractivity contribution is 0.290. The first-order valence-electron chi connectivity index (χ1n) is 10.8. The van der Waals surface area contributed by atoms with Gasteiger partial charge in [0.15, 0.2) is 0 Å². The van der Waals surface area contributed by atoms with Crippen LogP contribution in [-0.4, -0.2) is 13.0 Å². The smallest absolute Gasteiger partial charge is 0.282 e. The van der Waals surface area contributed by atoms with E-state index in [1.807, 2.05) is 12.1 Å². The van der Waals surface area contributed by atoms with Crippen LogP contribution in [0.2, 0.25) is 0 Å². The van der Waals surface area contributed by atoms with E-state index in [0.717, 1.165) is 17.0 Å². The van der Waals surface area contributed by atoms with Crippen LogP contribution >= 0.6 is 0 Å². The highest BCUT2D eigenvalue weighted by Crippen LogP contribution is 2.33. The van der Waals surface area contributed by atoms with Crippen LogP contribution in [0.25, 0.3) is 17.2 Å². The second-order valence-corrected chi connectivity index (χ2v) is 9.68.